The summed E-state index contributed by atoms with van der Waals surface area (Å²) >= 11 is 5.84. The van der Waals surface area contributed by atoms with E-state index in [1.807, 2.05) is 0 Å². The van der Waals surface area contributed by atoms with Gasteiger partial charge in [-0.1, -0.05) is 11.6 Å². The van der Waals surface area contributed by atoms with Crippen LogP contribution in [0.3, 0.4) is 0 Å². The number of carbonyl (C=O) groups is 1. The number of pyridine rings is 1. The summed E-state index contributed by atoms with van der Waals surface area (Å²) in [5.74, 6) is -0.419. The standard InChI is InChI=1S/C9H7ClN2O2/c1-14-9(13)6-3-2-4-12-7(10)5-11-8(6)12/h2-5H,1H3. The monoisotopic (exact) mass is 210 g/mol. The van der Waals surface area contributed by atoms with Crippen LogP contribution in [0, 0.1) is 0 Å². The van der Waals surface area contributed by atoms with E-state index >= 15 is 0 Å². The summed E-state index contributed by atoms with van der Waals surface area (Å²) in [6, 6.07) is 3.36. The fraction of sp³-hybridized carbons (Fsp3) is 0.111. The van der Waals surface area contributed by atoms with E-state index in [-0.39, 0.29) is 0 Å². The highest BCUT2D eigenvalue weighted by Gasteiger charge is 2.12. The van der Waals surface area contributed by atoms with E-state index < -0.39 is 5.97 Å². The van der Waals surface area contributed by atoms with Crippen molar-refractivity contribution >= 4 is 23.2 Å². The zero-order valence-electron chi connectivity index (χ0n) is 7.40. The molecule has 2 aromatic rings. The summed E-state index contributed by atoms with van der Waals surface area (Å²) in [5, 5.41) is 0.464. The quantitative estimate of drug-likeness (QED) is 0.674. The second-order valence-corrected chi connectivity index (χ2v) is 3.08. The van der Waals surface area contributed by atoms with E-state index in [9.17, 15) is 4.79 Å². The van der Waals surface area contributed by atoms with Crippen LogP contribution in [0.5, 0.6) is 0 Å². The van der Waals surface area contributed by atoms with Gasteiger partial charge in [-0.3, -0.25) is 4.40 Å². The second kappa shape index (κ2) is 3.31. The molecule has 0 spiro atoms. The highest BCUT2D eigenvalue weighted by molar-refractivity contribution is 6.29. The lowest BCUT2D eigenvalue weighted by Gasteiger charge is -2.00. The Balaban J connectivity index is 2.71. The van der Waals surface area contributed by atoms with Gasteiger partial charge in [0.05, 0.1) is 13.3 Å². The zero-order valence-corrected chi connectivity index (χ0v) is 8.15. The third-order valence-electron chi connectivity index (χ3n) is 1.90. The highest BCUT2D eigenvalue weighted by Crippen LogP contribution is 2.15. The molecule has 0 saturated carbocycles. The van der Waals surface area contributed by atoms with Crippen molar-refractivity contribution in [1.82, 2.24) is 9.38 Å². The van der Waals surface area contributed by atoms with E-state index in [1.165, 1.54) is 13.3 Å². The van der Waals surface area contributed by atoms with E-state index in [0.29, 0.717) is 16.4 Å². The predicted octanol–water partition coefficient (Wildman–Crippen LogP) is 1.77. The Morgan fingerprint density at radius 3 is 3.14 bits per heavy atom. The minimum Gasteiger partial charge on any atom is -0.465 e. The van der Waals surface area contributed by atoms with Gasteiger partial charge in [-0.2, -0.15) is 0 Å². The molecule has 5 heteroatoms. The molecule has 2 heterocycles. The molecule has 0 radical (unpaired) electrons. The van der Waals surface area contributed by atoms with Crippen LogP contribution >= 0.6 is 11.6 Å². The van der Waals surface area contributed by atoms with Crippen LogP contribution in [-0.4, -0.2) is 22.5 Å². The number of nitrogens with zero attached hydrogens (tertiary/aromatic N) is 2. The van der Waals surface area contributed by atoms with Gasteiger partial charge in [0.15, 0.2) is 5.65 Å². The van der Waals surface area contributed by atoms with Crippen LogP contribution in [0.2, 0.25) is 5.15 Å². The summed E-state index contributed by atoms with van der Waals surface area (Å²) in [7, 11) is 1.33. The number of methoxy groups -OCH3 is 1. The summed E-state index contributed by atoms with van der Waals surface area (Å²) < 4.78 is 6.24. The number of imidazole rings is 1. The summed E-state index contributed by atoms with van der Waals surface area (Å²) in [4.78, 5) is 15.3. The molecule has 0 fully saturated rings. The molecular weight excluding hydrogens is 204 g/mol. The van der Waals surface area contributed by atoms with Gasteiger partial charge in [0.25, 0.3) is 0 Å². The predicted molar refractivity (Wildman–Crippen MR) is 51.5 cm³/mol. The van der Waals surface area contributed by atoms with Gasteiger partial charge in [0.2, 0.25) is 0 Å². The minimum atomic E-state index is -0.419. The number of aromatic nitrogens is 2. The molecule has 0 saturated heterocycles. The Morgan fingerprint density at radius 2 is 2.43 bits per heavy atom. The number of halogens is 1. The lowest BCUT2D eigenvalue weighted by Crippen LogP contribution is -2.03. The molecule has 0 aliphatic carbocycles. The number of hydrogen-bond donors (Lipinski definition) is 0. The second-order valence-electron chi connectivity index (χ2n) is 2.69. The maximum Gasteiger partial charge on any atom is 0.341 e. The van der Waals surface area contributed by atoms with Crippen LogP contribution in [0.15, 0.2) is 24.5 Å². The van der Waals surface area contributed by atoms with Crippen molar-refractivity contribution in [2.45, 2.75) is 0 Å². The molecule has 0 N–H and O–H groups in total. The minimum absolute atomic E-state index is 0.405. The first-order valence-electron chi connectivity index (χ1n) is 3.94. The lowest BCUT2D eigenvalue weighted by molar-refractivity contribution is 0.0602. The number of hydrogen-bond acceptors (Lipinski definition) is 3. The first-order chi connectivity index (χ1) is 6.74. The van der Waals surface area contributed by atoms with Crippen LogP contribution in [0.4, 0.5) is 0 Å². The van der Waals surface area contributed by atoms with E-state index in [2.05, 4.69) is 9.72 Å². The number of esters is 1. The van der Waals surface area contributed by atoms with Crippen LogP contribution in [-0.2, 0) is 4.74 Å². The van der Waals surface area contributed by atoms with Crippen molar-refractivity contribution in [2.75, 3.05) is 7.11 Å². The molecule has 2 rings (SSSR count). The van der Waals surface area contributed by atoms with Crippen molar-refractivity contribution < 1.29 is 9.53 Å². The van der Waals surface area contributed by atoms with Gasteiger partial charge >= 0.3 is 5.97 Å². The van der Waals surface area contributed by atoms with E-state index in [1.54, 1.807) is 22.7 Å². The summed E-state index contributed by atoms with van der Waals surface area (Å²) in [6.45, 7) is 0. The van der Waals surface area contributed by atoms with Gasteiger partial charge in [0.1, 0.15) is 10.7 Å². The Kier molecular flexibility index (Phi) is 2.13. The van der Waals surface area contributed by atoms with Crippen LogP contribution < -0.4 is 0 Å². The molecule has 0 aromatic carbocycles. The molecule has 0 aliphatic heterocycles. The molecule has 0 aliphatic rings. The first-order valence-corrected chi connectivity index (χ1v) is 4.31. The van der Waals surface area contributed by atoms with Crippen molar-refractivity contribution in [3.8, 4) is 0 Å². The van der Waals surface area contributed by atoms with Gasteiger partial charge in [-0.05, 0) is 12.1 Å². The molecule has 0 unspecified atom stereocenters. The molecule has 4 nitrogen and oxygen atoms in total. The third kappa shape index (κ3) is 1.24. The van der Waals surface area contributed by atoms with Crippen LogP contribution in [0.25, 0.3) is 5.65 Å². The number of rotatable bonds is 1. The number of fused-ring (bicyclic) bond motifs is 1. The fourth-order valence-corrected chi connectivity index (χ4v) is 1.44. The number of ether oxygens (including phenoxy) is 1. The summed E-state index contributed by atoms with van der Waals surface area (Å²) in [6.07, 6.45) is 3.22. The molecule has 14 heavy (non-hydrogen) atoms. The highest BCUT2D eigenvalue weighted by atomic mass is 35.5. The van der Waals surface area contributed by atoms with Crippen molar-refractivity contribution in [3.05, 3.63) is 35.2 Å². The maximum absolute atomic E-state index is 11.3. The normalized spacial score (nSPS) is 10.4. The molecule has 72 valence electrons. The smallest absolute Gasteiger partial charge is 0.341 e. The Bertz CT molecular complexity index is 493. The van der Waals surface area contributed by atoms with Gasteiger partial charge in [-0.25, -0.2) is 9.78 Å². The van der Waals surface area contributed by atoms with E-state index in [0.717, 1.165) is 0 Å². The topological polar surface area (TPSA) is 43.6 Å². The largest absolute Gasteiger partial charge is 0.465 e. The Labute approximate surface area is 85.1 Å². The van der Waals surface area contributed by atoms with E-state index in [4.69, 9.17) is 11.6 Å². The lowest BCUT2D eigenvalue weighted by atomic mass is 10.3. The van der Waals surface area contributed by atoms with Crippen molar-refractivity contribution in [2.24, 2.45) is 0 Å². The van der Waals surface area contributed by atoms with Gasteiger partial charge < -0.3 is 4.74 Å². The molecule has 2 aromatic heterocycles. The van der Waals surface area contributed by atoms with Gasteiger partial charge in [0, 0.05) is 6.20 Å². The fourth-order valence-electron chi connectivity index (χ4n) is 1.25. The Morgan fingerprint density at radius 1 is 1.64 bits per heavy atom. The molecule has 0 bridgehead atoms. The number of carbonyl (C=O) groups excluding carboxylic acids is 1. The Hall–Kier alpha value is -1.55. The molecule has 0 amide bonds. The van der Waals surface area contributed by atoms with Gasteiger partial charge in [-0.15, -0.1) is 0 Å². The molecular formula is C9H7ClN2O2. The van der Waals surface area contributed by atoms with Crippen LogP contribution in [0.1, 0.15) is 10.4 Å². The van der Waals surface area contributed by atoms with Crippen molar-refractivity contribution in [3.63, 3.8) is 0 Å². The zero-order chi connectivity index (χ0) is 10.1. The summed E-state index contributed by atoms with van der Waals surface area (Å²) in [5.41, 5.74) is 0.909. The first kappa shape index (κ1) is 9.02. The third-order valence-corrected chi connectivity index (χ3v) is 2.18. The average molecular weight is 211 g/mol. The maximum atomic E-state index is 11.3. The average Bonchev–Trinajstić information content (AvgIpc) is 2.59. The SMILES string of the molecule is COC(=O)c1cccn2c(Cl)cnc12. The molecule has 0 atom stereocenters. The van der Waals surface area contributed by atoms with Crippen molar-refractivity contribution in [1.29, 1.82) is 0 Å².